The monoisotopic (exact) mass is 511 g/mol. The zero-order chi connectivity index (χ0) is 26.8. The van der Waals surface area contributed by atoms with Crippen LogP contribution in [0.2, 0.25) is 0 Å². The smallest absolute Gasteiger partial charge is 0.251 e. The minimum Gasteiger partial charge on any atom is -0.493 e. The molecule has 0 saturated heterocycles. The van der Waals surface area contributed by atoms with Gasteiger partial charge in [-0.15, -0.1) is 0 Å². The summed E-state index contributed by atoms with van der Waals surface area (Å²) in [5.41, 5.74) is 3.21. The van der Waals surface area contributed by atoms with Gasteiger partial charge < -0.3 is 29.7 Å². The van der Waals surface area contributed by atoms with E-state index in [0.717, 1.165) is 42.6 Å². The average molecular weight is 512 g/mol. The van der Waals surface area contributed by atoms with E-state index in [-0.39, 0.29) is 17.7 Å². The van der Waals surface area contributed by atoms with Crippen LogP contribution in [0.5, 0.6) is 17.2 Å². The number of benzene rings is 2. The molecular formula is C29H41N3O5. The highest BCUT2D eigenvalue weighted by molar-refractivity contribution is 5.98. The number of hydrogen-bond donors (Lipinski definition) is 2. The van der Waals surface area contributed by atoms with Gasteiger partial charge in [-0.1, -0.05) is 33.1 Å². The third kappa shape index (κ3) is 7.38. The van der Waals surface area contributed by atoms with Crippen molar-refractivity contribution in [2.24, 2.45) is 5.92 Å². The lowest BCUT2D eigenvalue weighted by Gasteiger charge is -2.28. The fourth-order valence-corrected chi connectivity index (χ4v) is 4.59. The first kappa shape index (κ1) is 28.3. The van der Waals surface area contributed by atoms with Gasteiger partial charge in [0.25, 0.3) is 5.91 Å². The molecule has 1 aliphatic rings. The van der Waals surface area contributed by atoms with Crippen molar-refractivity contribution in [2.75, 3.05) is 39.3 Å². The van der Waals surface area contributed by atoms with Gasteiger partial charge in [-0.25, -0.2) is 0 Å². The van der Waals surface area contributed by atoms with Gasteiger partial charge in [0.1, 0.15) is 0 Å². The van der Waals surface area contributed by atoms with Crippen molar-refractivity contribution in [3.05, 3.63) is 47.0 Å². The summed E-state index contributed by atoms with van der Waals surface area (Å²) in [5.74, 6) is 1.39. The molecule has 0 saturated carbocycles. The Morgan fingerprint density at radius 3 is 2.27 bits per heavy atom. The van der Waals surface area contributed by atoms with Crippen molar-refractivity contribution in [3.63, 3.8) is 0 Å². The Labute approximate surface area is 220 Å². The van der Waals surface area contributed by atoms with E-state index in [1.165, 1.54) is 12.8 Å². The van der Waals surface area contributed by atoms with Crippen LogP contribution in [0.15, 0.2) is 30.3 Å². The van der Waals surface area contributed by atoms with Crippen LogP contribution in [0.25, 0.3) is 0 Å². The molecule has 2 amide bonds. The van der Waals surface area contributed by atoms with Gasteiger partial charge in [0.15, 0.2) is 11.5 Å². The maximum absolute atomic E-state index is 13.1. The number of hydrogen-bond acceptors (Lipinski definition) is 6. The number of nitrogens with zero attached hydrogens (tertiary/aromatic N) is 1. The molecule has 0 radical (unpaired) electrons. The number of ether oxygens (including phenoxy) is 3. The molecule has 37 heavy (non-hydrogen) atoms. The standard InChI is InChI=1S/C29H41N3O5/c1-20(2)29(34)32-14-10-8-6-7-9-13-30-19-23-17-22(11-12-24(23)32)28(33)31-18-21-15-25(35-3)27(37-5)26(16-21)36-4/h11-12,15-17,20,30H,6-10,13-14,18-19H2,1-5H3,(H,31,33). The summed E-state index contributed by atoms with van der Waals surface area (Å²) in [6.07, 6.45) is 5.57. The summed E-state index contributed by atoms with van der Waals surface area (Å²) in [6.45, 7) is 6.36. The highest BCUT2D eigenvalue weighted by Crippen LogP contribution is 2.38. The molecule has 1 aliphatic heterocycles. The lowest BCUT2D eigenvalue weighted by atomic mass is 10.0. The normalized spacial score (nSPS) is 14.7. The summed E-state index contributed by atoms with van der Waals surface area (Å²) in [6, 6.07) is 9.26. The van der Waals surface area contributed by atoms with E-state index < -0.39 is 0 Å². The Hall–Kier alpha value is -3.26. The zero-order valence-electron chi connectivity index (χ0n) is 22.8. The van der Waals surface area contributed by atoms with Gasteiger partial charge in [-0.2, -0.15) is 0 Å². The molecule has 0 fully saturated rings. The fourth-order valence-electron chi connectivity index (χ4n) is 4.59. The number of fused-ring (bicyclic) bond motifs is 1. The second kappa shape index (κ2) is 13.9. The maximum Gasteiger partial charge on any atom is 0.251 e. The summed E-state index contributed by atoms with van der Waals surface area (Å²) in [4.78, 5) is 28.1. The molecular weight excluding hydrogens is 470 g/mol. The van der Waals surface area contributed by atoms with Crippen LogP contribution in [-0.4, -0.2) is 46.2 Å². The van der Waals surface area contributed by atoms with Gasteiger partial charge in [-0.05, 0) is 60.8 Å². The van der Waals surface area contributed by atoms with Crippen LogP contribution >= 0.6 is 0 Å². The number of carbonyl (C=O) groups excluding carboxylic acids is 2. The molecule has 0 aliphatic carbocycles. The number of methoxy groups -OCH3 is 3. The van der Waals surface area contributed by atoms with E-state index in [1.807, 2.05) is 43.0 Å². The molecule has 8 nitrogen and oxygen atoms in total. The van der Waals surface area contributed by atoms with Gasteiger partial charge in [-0.3, -0.25) is 9.59 Å². The molecule has 8 heteroatoms. The van der Waals surface area contributed by atoms with E-state index in [4.69, 9.17) is 14.2 Å². The molecule has 0 atom stereocenters. The first-order valence-electron chi connectivity index (χ1n) is 13.1. The Bertz CT molecular complexity index is 1040. The Kier molecular flexibility index (Phi) is 10.6. The molecule has 2 N–H and O–H groups in total. The van der Waals surface area contributed by atoms with Gasteiger partial charge in [0.2, 0.25) is 11.7 Å². The minimum absolute atomic E-state index is 0.102. The predicted molar refractivity (Wildman–Crippen MR) is 146 cm³/mol. The van der Waals surface area contributed by atoms with Crippen molar-refractivity contribution in [1.82, 2.24) is 10.6 Å². The lowest BCUT2D eigenvalue weighted by Crippen LogP contribution is -2.36. The minimum atomic E-state index is -0.190. The second-order valence-corrected chi connectivity index (χ2v) is 9.65. The highest BCUT2D eigenvalue weighted by atomic mass is 16.5. The average Bonchev–Trinajstić information content (AvgIpc) is 2.90. The Morgan fingerprint density at radius 1 is 0.946 bits per heavy atom. The number of nitrogens with one attached hydrogen (secondary N) is 2. The Balaban J connectivity index is 1.84. The first-order chi connectivity index (χ1) is 17.9. The topological polar surface area (TPSA) is 89.1 Å². The molecule has 3 rings (SSSR count). The largest absolute Gasteiger partial charge is 0.493 e. The third-order valence-corrected chi connectivity index (χ3v) is 6.62. The molecule has 2 aromatic carbocycles. The SMILES string of the molecule is COc1cc(CNC(=O)c2ccc3c(c2)CNCCCCCCCN3C(=O)C(C)C)cc(OC)c1OC. The second-order valence-electron chi connectivity index (χ2n) is 9.65. The lowest BCUT2D eigenvalue weighted by molar-refractivity contribution is -0.121. The van der Waals surface area contributed by atoms with Crippen LogP contribution in [0.4, 0.5) is 5.69 Å². The van der Waals surface area contributed by atoms with Crippen LogP contribution < -0.4 is 29.7 Å². The molecule has 0 unspecified atom stereocenters. The van der Waals surface area contributed by atoms with E-state index in [2.05, 4.69) is 10.6 Å². The fraction of sp³-hybridized carbons (Fsp3) is 0.517. The van der Waals surface area contributed by atoms with Gasteiger partial charge >= 0.3 is 0 Å². The number of anilines is 1. The van der Waals surface area contributed by atoms with E-state index >= 15 is 0 Å². The van der Waals surface area contributed by atoms with Crippen LogP contribution in [0.3, 0.4) is 0 Å². The van der Waals surface area contributed by atoms with Crippen LogP contribution in [0.1, 0.15) is 67.4 Å². The maximum atomic E-state index is 13.1. The number of amides is 2. The molecule has 202 valence electrons. The number of rotatable bonds is 7. The van der Waals surface area contributed by atoms with Gasteiger partial charge in [0.05, 0.1) is 21.3 Å². The predicted octanol–water partition coefficient (Wildman–Crippen LogP) is 4.69. The van der Waals surface area contributed by atoms with Crippen molar-refractivity contribution in [2.45, 2.75) is 59.0 Å². The number of carbonyl (C=O) groups is 2. The molecule has 0 bridgehead atoms. The molecule has 0 spiro atoms. The highest BCUT2D eigenvalue weighted by Gasteiger charge is 2.22. The van der Waals surface area contributed by atoms with Crippen molar-refractivity contribution in [1.29, 1.82) is 0 Å². The molecule has 0 aromatic heterocycles. The van der Waals surface area contributed by atoms with Crippen molar-refractivity contribution < 1.29 is 23.8 Å². The van der Waals surface area contributed by atoms with E-state index in [9.17, 15) is 9.59 Å². The summed E-state index contributed by atoms with van der Waals surface area (Å²) in [7, 11) is 4.68. The summed E-state index contributed by atoms with van der Waals surface area (Å²) < 4.78 is 16.2. The zero-order valence-corrected chi connectivity index (χ0v) is 22.8. The van der Waals surface area contributed by atoms with Crippen LogP contribution in [-0.2, 0) is 17.9 Å². The third-order valence-electron chi connectivity index (χ3n) is 6.62. The quantitative estimate of drug-likeness (QED) is 0.561. The van der Waals surface area contributed by atoms with Crippen molar-refractivity contribution in [3.8, 4) is 17.2 Å². The van der Waals surface area contributed by atoms with E-state index in [1.54, 1.807) is 27.4 Å². The summed E-state index contributed by atoms with van der Waals surface area (Å²) >= 11 is 0. The summed E-state index contributed by atoms with van der Waals surface area (Å²) in [5, 5.41) is 6.49. The Morgan fingerprint density at radius 2 is 1.62 bits per heavy atom. The van der Waals surface area contributed by atoms with E-state index in [0.29, 0.717) is 42.4 Å². The van der Waals surface area contributed by atoms with Crippen LogP contribution in [0, 0.1) is 5.92 Å². The first-order valence-corrected chi connectivity index (χ1v) is 13.1. The van der Waals surface area contributed by atoms with Gasteiger partial charge in [0, 0.05) is 36.8 Å². The van der Waals surface area contributed by atoms with Crippen molar-refractivity contribution >= 4 is 17.5 Å². The molecule has 2 aromatic rings. The molecule has 1 heterocycles.